The standard InChI is InChI=1S/C12H10F3N3O/c13-12(14,15)11-17-10(19-18-11)9-6-16-5-7-3-1-2-4-8(7)9/h1-4,9,16H,5-6H2. The molecule has 1 N–H and O–H groups in total. The molecule has 0 radical (unpaired) electrons. The van der Waals surface area contributed by atoms with Crippen LogP contribution < -0.4 is 5.32 Å². The quantitative estimate of drug-likeness (QED) is 0.863. The highest BCUT2D eigenvalue weighted by Crippen LogP contribution is 2.32. The fourth-order valence-electron chi connectivity index (χ4n) is 2.21. The van der Waals surface area contributed by atoms with E-state index in [1.165, 1.54) is 0 Å². The first-order chi connectivity index (χ1) is 9.05. The summed E-state index contributed by atoms with van der Waals surface area (Å²) in [7, 11) is 0. The summed E-state index contributed by atoms with van der Waals surface area (Å²) in [5.74, 6) is -1.58. The lowest BCUT2D eigenvalue weighted by molar-refractivity contribution is -0.146. The maximum Gasteiger partial charge on any atom is 0.455 e. The van der Waals surface area contributed by atoms with Gasteiger partial charge in [-0.2, -0.15) is 18.2 Å². The van der Waals surface area contributed by atoms with Gasteiger partial charge in [0.1, 0.15) is 0 Å². The number of nitrogens with one attached hydrogen (secondary N) is 1. The molecule has 4 nitrogen and oxygen atoms in total. The first-order valence-electron chi connectivity index (χ1n) is 5.75. The molecule has 7 heteroatoms. The van der Waals surface area contributed by atoms with Crippen LogP contribution in [0.5, 0.6) is 0 Å². The van der Waals surface area contributed by atoms with Gasteiger partial charge in [0.25, 0.3) is 5.82 Å². The van der Waals surface area contributed by atoms with Crippen LogP contribution in [0.15, 0.2) is 28.8 Å². The molecular formula is C12H10F3N3O. The van der Waals surface area contributed by atoms with Crippen LogP contribution in [0.25, 0.3) is 0 Å². The summed E-state index contributed by atoms with van der Waals surface area (Å²) < 4.78 is 42.2. The van der Waals surface area contributed by atoms with E-state index in [2.05, 4.69) is 15.5 Å². The molecule has 3 rings (SSSR count). The van der Waals surface area contributed by atoms with Crippen molar-refractivity contribution in [2.75, 3.05) is 6.54 Å². The second kappa shape index (κ2) is 4.34. The third-order valence-electron chi connectivity index (χ3n) is 3.09. The normalized spacial score (nSPS) is 19.2. The van der Waals surface area contributed by atoms with Gasteiger partial charge in [-0.15, -0.1) is 0 Å². The largest absolute Gasteiger partial charge is 0.455 e. The molecule has 19 heavy (non-hydrogen) atoms. The van der Waals surface area contributed by atoms with Crippen molar-refractivity contribution in [3.05, 3.63) is 47.1 Å². The van der Waals surface area contributed by atoms with E-state index in [0.717, 1.165) is 11.1 Å². The molecule has 0 bridgehead atoms. The monoisotopic (exact) mass is 269 g/mol. The van der Waals surface area contributed by atoms with Crippen LogP contribution in [0, 0.1) is 0 Å². The Hall–Kier alpha value is -1.89. The van der Waals surface area contributed by atoms with E-state index in [-0.39, 0.29) is 11.8 Å². The SMILES string of the molecule is FC(F)(F)c1noc(C2CNCc3ccccc32)n1. The van der Waals surface area contributed by atoms with Crippen LogP contribution in [-0.2, 0) is 12.7 Å². The second-order valence-electron chi connectivity index (χ2n) is 4.34. The average molecular weight is 269 g/mol. The minimum absolute atomic E-state index is 0.00743. The molecule has 0 amide bonds. The van der Waals surface area contributed by atoms with Crippen LogP contribution in [-0.4, -0.2) is 16.7 Å². The van der Waals surface area contributed by atoms with E-state index in [1.54, 1.807) is 0 Å². The number of hydrogen-bond acceptors (Lipinski definition) is 4. The molecule has 2 heterocycles. The summed E-state index contributed by atoms with van der Waals surface area (Å²) in [6, 6.07) is 7.53. The molecule has 1 aliphatic heterocycles. The van der Waals surface area contributed by atoms with Crippen LogP contribution in [0.3, 0.4) is 0 Å². The molecule has 1 atom stereocenters. The Morgan fingerprint density at radius 2 is 2.05 bits per heavy atom. The summed E-state index contributed by atoms with van der Waals surface area (Å²) in [6.07, 6.45) is -4.58. The Kier molecular flexibility index (Phi) is 2.78. The number of hydrogen-bond donors (Lipinski definition) is 1. The Morgan fingerprint density at radius 3 is 2.79 bits per heavy atom. The first kappa shape index (κ1) is 12.2. The third kappa shape index (κ3) is 2.21. The number of benzene rings is 1. The topological polar surface area (TPSA) is 51.0 Å². The molecule has 1 unspecified atom stereocenters. The van der Waals surface area contributed by atoms with E-state index in [4.69, 9.17) is 4.52 Å². The highest BCUT2D eigenvalue weighted by Gasteiger charge is 2.38. The van der Waals surface area contributed by atoms with E-state index in [9.17, 15) is 13.2 Å². The van der Waals surface area contributed by atoms with Gasteiger partial charge in [-0.3, -0.25) is 0 Å². The molecule has 0 fully saturated rings. The van der Waals surface area contributed by atoms with E-state index < -0.39 is 12.0 Å². The van der Waals surface area contributed by atoms with Crippen molar-refractivity contribution in [1.29, 1.82) is 0 Å². The zero-order valence-electron chi connectivity index (χ0n) is 9.74. The third-order valence-corrected chi connectivity index (χ3v) is 3.09. The number of nitrogens with zero attached hydrogens (tertiary/aromatic N) is 2. The first-order valence-corrected chi connectivity index (χ1v) is 5.75. The predicted molar refractivity (Wildman–Crippen MR) is 59.3 cm³/mol. The van der Waals surface area contributed by atoms with Crippen molar-refractivity contribution in [1.82, 2.24) is 15.5 Å². The predicted octanol–water partition coefficient (Wildman–Crippen LogP) is 2.32. The van der Waals surface area contributed by atoms with E-state index in [1.807, 2.05) is 24.3 Å². The maximum absolute atomic E-state index is 12.5. The fourth-order valence-corrected chi connectivity index (χ4v) is 2.21. The van der Waals surface area contributed by atoms with Gasteiger partial charge in [-0.1, -0.05) is 29.4 Å². The van der Waals surface area contributed by atoms with Gasteiger partial charge in [0, 0.05) is 13.1 Å². The van der Waals surface area contributed by atoms with Crippen molar-refractivity contribution in [2.45, 2.75) is 18.6 Å². The van der Waals surface area contributed by atoms with Gasteiger partial charge in [0.05, 0.1) is 5.92 Å². The number of rotatable bonds is 1. The minimum Gasteiger partial charge on any atom is -0.338 e. The zero-order valence-corrected chi connectivity index (χ0v) is 9.74. The summed E-state index contributed by atoms with van der Waals surface area (Å²) in [5, 5.41) is 6.13. The van der Waals surface area contributed by atoms with Crippen molar-refractivity contribution < 1.29 is 17.7 Å². The number of aromatic nitrogens is 2. The summed E-state index contributed by atoms with van der Waals surface area (Å²) >= 11 is 0. The molecule has 0 aliphatic carbocycles. The molecule has 1 aliphatic rings. The molecular weight excluding hydrogens is 259 g/mol. The lowest BCUT2D eigenvalue weighted by Gasteiger charge is -2.23. The van der Waals surface area contributed by atoms with Crippen molar-refractivity contribution in [3.63, 3.8) is 0 Å². The van der Waals surface area contributed by atoms with Crippen LogP contribution in [0.2, 0.25) is 0 Å². The molecule has 0 saturated heterocycles. The van der Waals surface area contributed by atoms with Crippen molar-refractivity contribution in [2.24, 2.45) is 0 Å². The zero-order chi connectivity index (χ0) is 13.5. The van der Waals surface area contributed by atoms with E-state index >= 15 is 0 Å². The van der Waals surface area contributed by atoms with Crippen molar-refractivity contribution in [3.8, 4) is 0 Å². The van der Waals surface area contributed by atoms with Gasteiger partial charge < -0.3 is 9.84 Å². The van der Waals surface area contributed by atoms with Gasteiger partial charge in [-0.05, 0) is 11.1 Å². The molecule has 0 saturated carbocycles. The highest BCUT2D eigenvalue weighted by atomic mass is 19.4. The number of fused-ring (bicyclic) bond motifs is 1. The van der Waals surface area contributed by atoms with Gasteiger partial charge in [0.2, 0.25) is 5.89 Å². The molecule has 2 aromatic rings. The number of halogens is 3. The fraction of sp³-hybridized carbons (Fsp3) is 0.333. The smallest absolute Gasteiger partial charge is 0.338 e. The molecule has 0 spiro atoms. The highest BCUT2D eigenvalue weighted by molar-refractivity contribution is 5.35. The summed E-state index contributed by atoms with van der Waals surface area (Å²) in [6.45, 7) is 1.17. The van der Waals surface area contributed by atoms with Crippen LogP contribution >= 0.6 is 0 Å². The summed E-state index contributed by atoms with van der Waals surface area (Å²) in [5.41, 5.74) is 1.96. The lowest BCUT2D eigenvalue weighted by Crippen LogP contribution is -2.29. The second-order valence-corrected chi connectivity index (χ2v) is 4.34. The minimum atomic E-state index is -4.58. The number of alkyl halides is 3. The van der Waals surface area contributed by atoms with Gasteiger partial charge in [0.15, 0.2) is 0 Å². The van der Waals surface area contributed by atoms with Crippen LogP contribution in [0.4, 0.5) is 13.2 Å². The molecule has 1 aromatic carbocycles. The Balaban J connectivity index is 1.98. The van der Waals surface area contributed by atoms with Crippen LogP contribution in [0.1, 0.15) is 28.8 Å². The Labute approximate surface area is 106 Å². The van der Waals surface area contributed by atoms with E-state index in [0.29, 0.717) is 13.1 Å². The molecule has 1 aromatic heterocycles. The summed E-state index contributed by atoms with van der Waals surface area (Å²) in [4.78, 5) is 3.46. The Morgan fingerprint density at radius 1 is 1.26 bits per heavy atom. The maximum atomic E-state index is 12.5. The average Bonchev–Trinajstić information content (AvgIpc) is 2.87. The van der Waals surface area contributed by atoms with Gasteiger partial charge in [-0.25, -0.2) is 0 Å². The lowest BCUT2D eigenvalue weighted by atomic mass is 9.91. The molecule has 100 valence electrons. The Bertz CT molecular complexity index is 594. The van der Waals surface area contributed by atoms with Gasteiger partial charge >= 0.3 is 6.18 Å². The van der Waals surface area contributed by atoms with Crippen molar-refractivity contribution >= 4 is 0 Å².